The number of sulfonamides is 1. The van der Waals surface area contributed by atoms with Crippen molar-refractivity contribution in [2.24, 2.45) is 23.2 Å². The molecule has 0 spiro atoms. The summed E-state index contributed by atoms with van der Waals surface area (Å²) < 4.78 is 42.0. The van der Waals surface area contributed by atoms with Crippen molar-refractivity contribution in [3.63, 3.8) is 0 Å². The number of halogens is 2. The SMILES string of the molecule is O=C(CC(NS(=O)(=O)c1ccc(Cl)cc1)c1ccc(F)cc1)NNC(=O)C12CC3CC(CC(C3)C1)C2. The Morgan fingerprint density at radius 1 is 0.917 bits per heavy atom. The second-order valence-corrected chi connectivity index (χ2v) is 12.7. The molecule has 2 amide bonds. The predicted molar refractivity (Wildman–Crippen MR) is 132 cm³/mol. The maximum Gasteiger partial charge on any atom is 0.244 e. The van der Waals surface area contributed by atoms with E-state index >= 15 is 0 Å². The number of rotatable bonds is 7. The number of hydrogen-bond acceptors (Lipinski definition) is 4. The summed E-state index contributed by atoms with van der Waals surface area (Å²) in [6.07, 6.45) is 5.89. The fraction of sp³-hybridized carbons (Fsp3) is 0.462. The first-order valence-corrected chi connectivity index (χ1v) is 14.1. The van der Waals surface area contributed by atoms with Crippen LogP contribution in [0.5, 0.6) is 0 Å². The Labute approximate surface area is 215 Å². The molecule has 4 aliphatic carbocycles. The third kappa shape index (κ3) is 5.28. The van der Waals surface area contributed by atoms with E-state index in [1.807, 2.05) is 0 Å². The molecule has 4 aliphatic rings. The van der Waals surface area contributed by atoms with Gasteiger partial charge in [-0.15, -0.1) is 0 Å². The highest BCUT2D eigenvalue weighted by Crippen LogP contribution is 2.60. The minimum Gasteiger partial charge on any atom is -0.273 e. The molecule has 36 heavy (non-hydrogen) atoms. The Hall–Kier alpha value is -2.49. The van der Waals surface area contributed by atoms with Crippen LogP contribution in [-0.4, -0.2) is 20.2 Å². The van der Waals surface area contributed by atoms with E-state index in [-0.39, 0.29) is 17.2 Å². The number of hydrazine groups is 1. The minimum absolute atomic E-state index is 0.0189. The normalized spacial score (nSPS) is 27.4. The van der Waals surface area contributed by atoms with Gasteiger partial charge in [-0.2, -0.15) is 0 Å². The van der Waals surface area contributed by atoms with Crippen molar-refractivity contribution in [1.82, 2.24) is 15.6 Å². The predicted octanol–water partition coefficient (Wildman–Crippen LogP) is 4.25. The lowest BCUT2D eigenvalue weighted by molar-refractivity contribution is -0.149. The second kappa shape index (κ2) is 9.76. The smallest absolute Gasteiger partial charge is 0.244 e. The van der Waals surface area contributed by atoms with E-state index < -0.39 is 33.2 Å². The van der Waals surface area contributed by atoms with Gasteiger partial charge >= 0.3 is 0 Å². The third-order valence-electron chi connectivity index (χ3n) is 7.92. The number of amides is 2. The van der Waals surface area contributed by atoms with Crippen molar-refractivity contribution in [3.8, 4) is 0 Å². The first-order valence-electron chi connectivity index (χ1n) is 12.2. The van der Waals surface area contributed by atoms with Gasteiger partial charge in [0, 0.05) is 11.4 Å². The van der Waals surface area contributed by atoms with E-state index in [2.05, 4.69) is 15.6 Å². The van der Waals surface area contributed by atoms with Gasteiger partial charge in [-0.05, 0) is 98.2 Å². The summed E-state index contributed by atoms with van der Waals surface area (Å²) >= 11 is 5.87. The van der Waals surface area contributed by atoms with Gasteiger partial charge in [0.05, 0.1) is 16.4 Å². The standard InChI is InChI=1S/C26H29ClFN3O4S/c27-20-3-7-22(8-4-20)36(34,35)31-23(19-1-5-21(28)6-2-19)12-24(32)29-30-25(33)26-13-16-9-17(14-26)11-18(10-16)15-26/h1-8,16-18,23,31H,9-15H2,(H,29,32)(H,30,33). The van der Waals surface area contributed by atoms with Crippen LogP contribution in [0.2, 0.25) is 5.02 Å². The van der Waals surface area contributed by atoms with Crippen LogP contribution in [0.25, 0.3) is 0 Å². The highest BCUT2D eigenvalue weighted by atomic mass is 35.5. The van der Waals surface area contributed by atoms with Crippen molar-refractivity contribution in [3.05, 3.63) is 64.9 Å². The number of nitrogens with one attached hydrogen (secondary N) is 3. The van der Waals surface area contributed by atoms with Crippen molar-refractivity contribution >= 4 is 33.4 Å². The molecule has 2 aromatic rings. The highest BCUT2D eigenvalue weighted by Gasteiger charge is 2.54. The van der Waals surface area contributed by atoms with Crippen LogP contribution < -0.4 is 15.6 Å². The average molecular weight is 534 g/mol. The number of benzene rings is 2. The van der Waals surface area contributed by atoms with E-state index in [9.17, 15) is 22.4 Å². The Morgan fingerprint density at radius 2 is 1.47 bits per heavy atom. The molecule has 6 rings (SSSR count). The molecular formula is C26H29ClFN3O4S. The second-order valence-electron chi connectivity index (χ2n) is 10.6. The lowest BCUT2D eigenvalue weighted by atomic mass is 9.49. The largest absolute Gasteiger partial charge is 0.273 e. The molecule has 10 heteroatoms. The van der Waals surface area contributed by atoms with Gasteiger partial charge in [-0.1, -0.05) is 23.7 Å². The van der Waals surface area contributed by atoms with E-state index in [1.165, 1.54) is 67.8 Å². The summed E-state index contributed by atoms with van der Waals surface area (Å²) in [5, 5.41) is 0.387. The van der Waals surface area contributed by atoms with E-state index in [0.717, 1.165) is 19.3 Å². The van der Waals surface area contributed by atoms with Crippen LogP contribution in [0.1, 0.15) is 56.6 Å². The van der Waals surface area contributed by atoms with Crippen LogP contribution in [0.4, 0.5) is 4.39 Å². The zero-order chi connectivity index (χ0) is 25.5. The number of carbonyl (C=O) groups excluding carboxylic acids is 2. The molecule has 0 radical (unpaired) electrons. The quantitative estimate of drug-likeness (QED) is 0.463. The molecule has 4 bridgehead atoms. The summed E-state index contributed by atoms with van der Waals surface area (Å²) in [6, 6.07) is 9.89. The van der Waals surface area contributed by atoms with Crippen LogP contribution >= 0.6 is 11.6 Å². The molecule has 0 saturated heterocycles. The number of hydrogen-bond donors (Lipinski definition) is 3. The summed E-state index contributed by atoms with van der Waals surface area (Å²) in [7, 11) is -4.01. The summed E-state index contributed by atoms with van der Waals surface area (Å²) in [4.78, 5) is 26.0. The molecule has 0 aliphatic heterocycles. The maximum atomic E-state index is 13.5. The van der Waals surface area contributed by atoms with E-state index in [4.69, 9.17) is 11.6 Å². The van der Waals surface area contributed by atoms with E-state index in [0.29, 0.717) is 28.3 Å². The lowest BCUT2D eigenvalue weighted by Crippen LogP contribution is -2.56. The van der Waals surface area contributed by atoms with Crippen LogP contribution in [-0.2, 0) is 19.6 Å². The molecular weight excluding hydrogens is 505 g/mol. The molecule has 7 nitrogen and oxygen atoms in total. The molecule has 4 saturated carbocycles. The van der Waals surface area contributed by atoms with Crippen LogP contribution in [0.3, 0.4) is 0 Å². The van der Waals surface area contributed by atoms with Gasteiger partial charge in [0.15, 0.2) is 0 Å². The van der Waals surface area contributed by atoms with Gasteiger partial charge in [0.2, 0.25) is 21.8 Å². The molecule has 1 atom stereocenters. The third-order valence-corrected chi connectivity index (χ3v) is 9.66. The topological polar surface area (TPSA) is 104 Å². The van der Waals surface area contributed by atoms with Gasteiger partial charge in [-0.25, -0.2) is 17.5 Å². The summed E-state index contributed by atoms with van der Waals surface area (Å²) in [5.74, 6) is 0.565. The Morgan fingerprint density at radius 3 is 2.03 bits per heavy atom. The Balaban J connectivity index is 1.26. The van der Waals surface area contributed by atoms with Crippen LogP contribution in [0, 0.1) is 29.0 Å². The van der Waals surface area contributed by atoms with Crippen molar-refractivity contribution in [2.45, 2.75) is 55.9 Å². The molecule has 2 aromatic carbocycles. The van der Waals surface area contributed by atoms with Gasteiger partial charge < -0.3 is 0 Å². The average Bonchev–Trinajstić information content (AvgIpc) is 2.82. The van der Waals surface area contributed by atoms with Gasteiger partial charge in [-0.3, -0.25) is 20.4 Å². The fourth-order valence-corrected chi connectivity index (χ4v) is 8.03. The fourth-order valence-electron chi connectivity index (χ4n) is 6.68. The monoisotopic (exact) mass is 533 g/mol. The van der Waals surface area contributed by atoms with Crippen molar-refractivity contribution in [2.75, 3.05) is 0 Å². The van der Waals surface area contributed by atoms with Gasteiger partial charge in [0.25, 0.3) is 0 Å². The molecule has 0 heterocycles. The van der Waals surface area contributed by atoms with Crippen LogP contribution in [0.15, 0.2) is 53.4 Å². The zero-order valence-electron chi connectivity index (χ0n) is 19.7. The van der Waals surface area contributed by atoms with Crippen molar-refractivity contribution < 1.29 is 22.4 Å². The Bertz CT molecular complexity index is 1220. The molecule has 1 unspecified atom stereocenters. The van der Waals surface area contributed by atoms with Crippen molar-refractivity contribution in [1.29, 1.82) is 0 Å². The van der Waals surface area contributed by atoms with E-state index in [1.54, 1.807) is 0 Å². The molecule has 3 N–H and O–H groups in total. The molecule has 192 valence electrons. The minimum atomic E-state index is -4.01. The summed E-state index contributed by atoms with van der Waals surface area (Å²) in [6.45, 7) is 0. The molecule has 0 aromatic heterocycles. The summed E-state index contributed by atoms with van der Waals surface area (Å²) in [5.41, 5.74) is 5.09. The highest BCUT2D eigenvalue weighted by molar-refractivity contribution is 7.89. The number of carbonyl (C=O) groups is 2. The molecule has 4 fully saturated rings. The van der Waals surface area contributed by atoms with Gasteiger partial charge in [0.1, 0.15) is 5.82 Å². The first-order chi connectivity index (χ1) is 17.1. The Kier molecular flexibility index (Phi) is 6.82. The maximum absolute atomic E-state index is 13.5. The first kappa shape index (κ1) is 25.2. The zero-order valence-corrected chi connectivity index (χ0v) is 21.2. The lowest BCUT2D eigenvalue weighted by Gasteiger charge is -2.55.